The Morgan fingerprint density at radius 2 is 1.90 bits per heavy atom. The number of carbonyl (C=O) groups is 1. The first-order valence-electron chi connectivity index (χ1n) is 6.95. The lowest BCUT2D eigenvalue weighted by Crippen LogP contribution is -2.25. The van der Waals surface area contributed by atoms with Crippen LogP contribution < -0.4 is 16.4 Å². The molecule has 0 atom stereocenters. The van der Waals surface area contributed by atoms with E-state index in [0.29, 0.717) is 17.9 Å². The molecule has 0 saturated carbocycles. The molecule has 1 aromatic carbocycles. The van der Waals surface area contributed by atoms with Gasteiger partial charge in [-0.3, -0.25) is 4.79 Å². The molecule has 5 nitrogen and oxygen atoms in total. The summed E-state index contributed by atoms with van der Waals surface area (Å²) in [6.07, 6.45) is 2.53. The number of amides is 1. The Morgan fingerprint density at radius 3 is 2.57 bits per heavy atom. The zero-order valence-electron chi connectivity index (χ0n) is 12.1. The van der Waals surface area contributed by atoms with Gasteiger partial charge >= 0.3 is 0 Å². The summed E-state index contributed by atoms with van der Waals surface area (Å²) in [5.41, 5.74) is 8.28. The van der Waals surface area contributed by atoms with Crippen molar-refractivity contribution in [3.8, 4) is 0 Å². The molecule has 0 bridgehead atoms. The van der Waals surface area contributed by atoms with Crippen molar-refractivity contribution in [2.45, 2.75) is 13.3 Å². The molecule has 0 aliphatic carbocycles. The number of aryl methyl sites for hydroxylation is 1. The molecule has 0 radical (unpaired) electrons. The number of hydrogen-bond donors (Lipinski definition) is 3. The predicted octanol–water partition coefficient (Wildman–Crippen LogP) is 2.20. The monoisotopic (exact) mass is 284 g/mol. The van der Waals surface area contributed by atoms with E-state index in [4.69, 9.17) is 5.73 Å². The summed E-state index contributed by atoms with van der Waals surface area (Å²) in [5, 5.41) is 6.12. The van der Waals surface area contributed by atoms with Gasteiger partial charge in [-0.25, -0.2) is 4.98 Å². The Balaban J connectivity index is 1.66. The second-order valence-electron chi connectivity index (χ2n) is 4.87. The average Bonchev–Trinajstić information content (AvgIpc) is 2.49. The molecular weight excluding hydrogens is 264 g/mol. The molecular formula is C16H20N4O. The van der Waals surface area contributed by atoms with E-state index in [0.717, 1.165) is 24.2 Å². The predicted molar refractivity (Wildman–Crippen MR) is 85.3 cm³/mol. The van der Waals surface area contributed by atoms with E-state index >= 15 is 0 Å². The van der Waals surface area contributed by atoms with Crippen LogP contribution in [0.5, 0.6) is 0 Å². The summed E-state index contributed by atoms with van der Waals surface area (Å²) in [4.78, 5) is 15.9. The standard InChI is InChI=1S/C16H20N4O/c1-12-3-5-13(6-4-12)16(21)19-10-2-9-18-14-7-8-15(17)20-11-14/h3-8,11,18H,2,9-10H2,1H3,(H2,17,20)(H,19,21). The first-order valence-corrected chi connectivity index (χ1v) is 6.95. The second kappa shape index (κ2) is 7.28. The number of nitrogens with one attached hydrogen (secondary N) is 2. The average molecular weight is 284 g/mol. The molecule has 0 aliphatic rings. The van der Waals surface area contributed by atoms with Crippen LogP contribution in [0.1, 0.15) is 22.3 Å². The van der Waals surface area contributed by atoms with Crippen LogP contribution in [0.25, 0.3) is 0 Å². The Kier molecular flexibility index (Phi) is 5.15. The Labute approximate surface area is 124 Å². The number of anilines is 2. The molecule has 21 heavy (non-hydrogen) atoms. The topological polar surface area (TPSA) is 80.0 Å². The Morgan fingerprint density at radius 1 is 1.14 bits per heavy atom. The number of aromatic nitrogens is 1. The minimum atomic E-state index is -0.0378. The summed E-state index contributed by atoms with van der Waals surface area (Å²) in [7, 11) is 0. The quantitative estimate of drug-likeness (QED) is 0.710. The van der Waals surface area contributed by atoms with Crippen LogP contribution in [-0.4, -0.2) is 24.0 Å². The lowest BCUT2D eigenvalue weighted by molar-refractivity contribution is 0.0953. The van der Waals surface area contributed by atoms with E-state index in [1.165, 1.54) is 0 Å². The van der Waals surface area contributed by atoms with E-state index in [1.54, 1.807) is 12.3 Å². The number of nitrogens with two attached hydrogens (primary N) is 1. The third kappa shape index (κ3) is 4.80. The van der Waals surface area contributed by atoms with Gasteiger partial charge in [-0.2, -0.15) is 0 Å². The van der Waals surface area contributed by atoms with Crippen LogP contribution in [-0.2, 0) is 0 Å². The minimum Gasteiger partial charge on any atom is -0.384 e. The van der Waals surface area contributed by atoms with E-state index in [-0.39, 0.29) is 5.91 Å². The summed E-state index contributed by atoms with van der Waals surface area (Å²) in [6.45, 7) is 3.39. The Bertz CT molecular complexity index is 578. The Hall–Kier alpha value is -2.56. The maximum atomic E-state index is 11.9. The van der Waals surface area contributed by atoms with Gasteiger partial charge in [0.2, 0.25) is 0 Å². The summed E-state index contributed by atoms with van der Waals surface area (Å²) < 4.78 is 0. The summed E-state index contributed by atoms with van der Waals surface area (Å²) in [6, 6.07) is 11.2. The molecule has 2 aromatic rings. The fraction of sp³-hybridized carbons (Fsp3) is 0.250. The van der Waals surface area contributed by atoms with E-state index in [9.17, 15) is 4.79 Å². The van der Waals surface area contributed by atoms with Crippen molar-refractivity contribution in [1.82, 2.24) is 10.3 Å². The van der Waals surface area contributed by atoms with Gasteiger partial charge in [-0.05, 0) is 37.6 Å². The number of carbonyl (C=O) groups excluding carboxylic acids is 1. The van der Waals surface area contributed by atoms with Crippen molar-refractivity contribution in [2.75, 3.05) is 24.1 Å². The molecule has 4 N–H and O–H groups in total. The zero-order valence-corrected chi connectivity index (χ0v) is 12.1. The van der Waals surface area contributed by atoms with Gasteiger partial charge in [0, 0.05) is 18.7 Å². The smallest absolute Gasteiger partial charge is 0.251 e. The number of nitrogen functional groups attached to an aromatic ring is 1. The summed E-state index contributed by atoms with van der Waals surface area (Å²) in [5.74, 6) is 0.468. The van der Waals surface area contributed by atoms with Gasteiger partial charge in [0.25, 0.3) is 5.91 Å². The van der Waals surface area contributed by atoms with Crippen molar-refractivity contribution >= 4 is 17.4 Å². The molecule has 0 fully saturated rings. The normalized spacial score (nSPS) is 10.1. The van der Waals surface area contributed by atoms with Crippen molar-refractivity contribution in [3.63, 3.8) is 0 Å². The molecule has 1 heterocycles. The van der Waals surface area contributed by atoms with Crippen LogP contribution in [0.4, 0.5) is 11.5 Å². The van der Waals surface area contributed by atoms with Crippen molar-refractivity contribution in [1.29, 1.82) is 0 Å². The molecule has 1 amide bonds. The maximum absolute atomic E-state index is 11.9. The number of pyridine rings is 1. The highest BCUT2D eigenvalue weighted by Crippen LogP contribution is 2.06. The molecule has 0 unspecified atom stereocenters. The van der Waals surface area contributed by atoms with Crippen molar-refractivity contribution < 1.29 is 4.79 Å². The van der Waals surface area contributed by atoms with E-state index < -0.39 is 0 Å². The molecule has 2 rings (SSSR count). The molecule has 1 aromatic heterocycles. The third-order valence-corrected chi connectivity index (χ3v) is 3.07. The van der Waals surface area contributed by atoms with Gasteiger partial charge in [0.1, 0.15) is 5.82 Å². The number of hydrogen-bond acceptors (Lipinski definition) is 4. The first-order chi connectivity index (χ1) is 10.1. The lowest BCUT2D eigenvalue weighted by atomic mass is 10.1. The van der Waals surface area contributed by atoms with Crippen LogP contribution in [0, 0.1) is 6.92 Å². The molecule has 0 aliphatic heterocycles. The van der Waals surface area contributed by atoms with Crippen LogP contribution in [0.3, 0.4) is 0 Å². The SMILES string of the molecule is Cc1ccc(C(=O)NCCCNc2ccc(N)nc2)cc1. The van der Waals surface area contributed by atoms with Gasteiger partial charge in [-0.1, -0.05) is 17.7 Å². The van der Waals surface area contributed by atoms with E-state index in [2.05, 4.69) is 15.6 Å². The molecule has 0 spiro atoms. The number of rotatable bonds is 6. The van der Waals surface area contributed by atoms with Crippen LogP contribution in [0.15, 0.2) is 42.6 Å². The number of benzene rings is 1. The zero-order chi connectivity index (χ0) is 15.1. The highest BCUT2D eigenvalue weighted by Gasteiger charge is 2.03. The highest BCUT2D eigenvalue weighted by molar-refractivity contribution is 5.94. The molecule has 5 heteroatoms. The van der Waals surface area contributed by atoms with Gasteiger partial charge in [-0.15, -0.1) is 0 Å². The fourth-order valence-corrected chi connectivity index (χ4v) is 1.84. The van der Waals surface area contributed by atoms with Crippen LogP contribution >= 0.6 is 0 Å². The van der Waals surface area contributed by atoms with Gasteiger partial charge in [0.05, 0.1) is 11.9 Å². The first kappa shape index (κ1) is 14.8. The van der Waals surface area contributed by atoms with Crippen molar-refractivity contribution in [3.05, 3.63) is 53.7 Å². The van der Waals surface area contributed by atoms with Crippen LogP contribution in [0.2, 0.25) is 0 Å². The second-order valence-corrected chi connectivity index (χ2v) is 4.87. The lowest BCUT2D eigenvalue weighted by Gasteiger charge is -2.08. The van der Waals surface area contributed by atoms with Gasteiger partial charge < -0.3 is 16.4 Å². The highest BCUT2D eigenvalue weighted by atomic mass is 16.1. The van der Waals surface area contributed by atoms with E-state index in [1.807, 2.05) is 37.3 Å². The largest absolute Gasteiger partial charge is 0.384 e. The van der Waals surface area contributed by atoms with Gasteiger partial charge in [0.15, 0.2) is 0 Å². The summed E-state index contributed by atoms with van der Waals surface area (Å²) >= 11 is 0. The third-order valence-electron chi connectivity index (χ3n) is 3.07. The number of nitrogens with zero attached hydrogens (tertiary/aromatic N) is 1. The molecule has 0 saturated heterocycles. The van der Waals surface area contributed by atoms with Crippen molar-refractivity contribution in [2.24, 2.45) is 0 Å². The molecule has 110 valence electrons. The fourth-order valence-electron chi connectivity index (χ4n) is 1.84. The minimum absolute atomic E-state index is 0.0378. The maximum Gasteiger partial charge on any atom is 0.251 e.